The van der Waals surface area contributed by atoms with E-state index in [9.17, 15) is 9.59 Å². The first-order valence-electron chi connectivity index (χ1n) is 8.91. The molecule has 1 aromatic rings. The predicted molar refractivity (Wildman–Crippen MR) is 102 cm³/mol. The van der Waals surface area contributed by atoms with Gasteiger partial charge in [-0.3, -0.25) is 9.59 Å². The van der Waals surface area contributed by atoms with Crippen molar-refractivity contribution in [1.82, 2.24) is 4.90 Å². The molecule has 2 fully saturated rings. The van der Waals surface area contributed by atoms with Crippen LogP contribution in [0.3, 0.4) is 0 Å². The monoisotopic (exact) mass is 365 g/mol. The summed E-state index contributed by atoms with van der Waals surface area (Å²) in [5, 5.41) is 2.92. The van der Waals surface area contributed by atoms with Crippen molar-refractivity contribution in [3.63, 3.8) is 0 Å². The fourth-order valence-corrected chi connectivity index (χ4v) is 3.53. The van der Waals surface area contributed by atoms with E-state index >= 15 is 0 Å². The van der Waals surface area contributed by atoms with E-state index in [1.807, 2.05) is 17.0 Å². The summed E-state index contributed by atoms with van der Waals surface area (Å²) in [5.41, 5.74) is 7.26. The van der Waals surface area contributed by atoms with Crippen molar-refractivity contribution >= 4 is 29.9 Å². The van der Waals surface area contributed by atoms with E-state index in [2.05, 4.69) is 19.2 Å². The molecule has 0 radical (unpaired) electrons. The lowest BCUT2D eigenvalue weighted by molar-refractivity contribution is -0.117. The zero-order valence-electron chi connectivity index (χ0n) is 14.9. The van der Waals surface area contributed by atoms with Crippen LogP contribution in [-0.4, -0.2) is 35.8 Å². The van der Waals surface area contributed by atoms with Gasteiger partial charge in [0.15, 0.2) is 0 Å². The van der Waals surface area contributed by atoms with Gasteiger partial charge < -0.3 is 16.0 Å². The van der Waals surface area contributed by atoms with Crippen molar-refractivity contribution in [2.24, 2.45) is 23.5 Å². The molecule has 1 saturated carbocycles. The minimum atomic E-state index is 0. The number of carbonyl (C=O) groups is 2. The first kappa shape index (κ1) is 19.7. The van der Waals surface area contributed by atoms with Crippen LogP contribution in [0.5, 0.6) is 0 Å². The van der Waals surface area contributed by atoms with E-state index < -0.39 is 0 Å². The normalized spacial score (nSPS) is 28.0. The highest BCUT2D eigenvalue weighted by atomic mass is 35.5. The molecule has 1 aliphatic carbocycles. The Hall–Kier alpha value is -1.59. The Morgan fingerprint density at radius 1 is 1.20 bits per heavy atom. The molecule has 2 amide bonds. The van der Waals surface area contributed by atoms with Crippen LogP contribution >= 0.6 is 12.4 Å². The van der Waals surface area contributed by atoms with Crippen LogP contribution in [0.2, 0.25) is 0 Å². The Morgan fingerprint density at radius 3 is 2.40 bits per heavy atom. The van der Waals surface area contributed by atoms with E-state index in [1.54, 1.807) is 12.1 Å². The molecule has 0 bridgehead atoms. The number of likely N-dealkylation sites (tertiary alicyclic amines) is 1. The molecule has 4 atom stereocenters. The summed E-state index contributed by atoms with van der Waals surface area (Å²) >= 11 is 0. The molecule has 1 saturated heterocycles. The van der Waals surface area contributed by atoms with Gasteiger partial charge in [0.25, 0.3) is 5.91 Å². The highest BCUT2D eigenvalue weighted by Gasteiger charge is 2.39. The lowest BCUT2D eigenvalue weighted by atomic mass is 9.92. The number of benzene rings is 1. The number of carbonyl (C=O) groups excluding carboxylic acids is 2. The number of anilines is 1. The van der Waals surface area contributed by atoms with Gasteiger partial charge in [0.2, 0.25) is 5.91 Å². The summed E-state index contributed by atoms with van der Waals surface area (Å²) in [4.78, 5) is 26.6. The second-order valence-corrected chi connectivity index (χ2v) is 7.40. The van der Waals surface area contributed by atoms with Gasteiger partial charge in [0.05, 0.1) is 0 Å². The average molecular weight is 366 g/mol. The number of hydrogen-bond acceptors (Lipinski definition) is 3. The van der Waals surface area contributed by atoms with Crippen LogP contribution in [0, 0.1) is 17.8 Å². The molecule has 1 heterocycles. The van der Waals surface area contributed by atoms with Gasteiger partial charge in [-0.1, -0.05) is 13.8 Å². The second-order valence-electron chi connectivity index (χ2n) is 7.40. The van der Waals surface area contributed by atoms with E-state index in [-0.39, 0.29) is 36.2 Å². The lowest BCUT2D eigenvalue weighted by Gasteiger charge is -2.38. The molecule has 2 aliphatic rings. The van der Waals surface area contributed by atoms with Gasteiger partial charge in [-0.15, -0.1) is 12.4 Å². The Kier molecular flexibility index (Phi) is 6.47. The molecule has 0 spiro atoms. The van der Waals surface area contributed by atoms with Crippen LogP contribution < -0.4 is 11.1 Å². The molecular formula is C19H28ClN3O2. The van der Waals surface area contributed by atoms with E-state index in [0.717, 1.165) is 31.5 Å². The van der Waals surface area contributed by atoms with Gasteiger partial charge in [-0.25, -0.2) is 0 Å². The van der Waals surface area contributed by atoms with Crippen molar-refractivity contribution in [3.05, 3.63) is 29.8 Å². The summed E-state index contributed by atoms with van der Waals surface area (Å²) in [5.74, 6) is 1.36. The van der Waals surface area contributed by atoms with Crippen molar-refractivity contribution in [2.45, 2.75) is 39.2 Å². The summed E-state index contributed by atoms with van der Waals surface area (Å²) in [6.45, 7) is 5.56. The molecule has 6 heteroatoms. The standard InChI is InChI=1S/C19H27N3O2.ClH/c1-12-7-8-22(16(9-12)11-20)19(24)14-3-5-15(6-4-14)21-18(23)17-10-13(17)2;/h3-6,12-13,16-17H,7-11,20H2,1-2H3,(H,21,23);1H. The van der Waals surface area contributed by atoms with Crippen molar-refractivity contribution in [3.8, 4) is 0 Å². The molecular weight excluding hydrogens is 338 g/mol. The number of nitrogens with one attached hydrogen (secondary N) is 1. The highest BCUT2D eigenvalue weighted by Crippen LogP contribution is 2.38. The molecule has 4 unspecified atom stereocenters. The maximum absolute atomic E-state index is 12.8. The first-order chi connectivity index (χ1) is 11.5. The topological polar surface area (TPSA) is 75.4 Å². The smallest absolute Gasteiger partial charge is 0.254 e. The van der Waals surface area contributed by atoms with E-state index in [4.69, 9.17) is 5.73 Å². The molecule has 25 heavy (non-hydrogen) atoms. The Balaban J connectivity index is 0.00000225. The Morgan fingerprint density at radius 2 is 1.84 bits per heavy atom. The number of halogens is 1. The largest absolute Gasteiger partial charge is 0.334 e. The number of nitrogens with zero attached hydrogens (tertiary/aromatic N) is 1. The van der Waals surface area contributed by atoms with Crippen LogP contribution in [-0.2, 0) is 4.79 Å². The number of piperidine rings is 1. The van der Waals surface area contributed by atoms with Gasteiger partial charge in [-0.2, -0.15) is 0 Å². The van der Waals surface area contributed by atoms with E-state index in [0.29, 0.717) is 23.9 Å². The first-order valence-corrected chi connectivity index (χ1v) is 8.91. The lowest BCUT2D eigenvalue weighted by Crippen LogP contribution is -2.49. The van der Waals surface area contributed by atoms with Crippen molar-refractivity contribution in [2.75, 3.05) is 18.4 Å². The van der Waals surface area contributed by atoms with Gasteiger partial charge in [0.1, 0.15) is 0 Å². The molecule has 1 aliphatic heterocycles. The maximum atomic E-state index is 12.8. The van der Waals surface area contributed by atoms with Crippen LogP contribution in [0.25, 0.3) is 0 Å². The van der Waals surface area contributed by atoms with Crippen LogP contribution in [0.1, 0.15) is 43.5 Å². The minimum Gasteiger partial charge on any atom is -0.334 e. The molecule has 1 aromatic carbocycles. The average Bonchev–Trinajstić information content (AvgIpc) is 3.32. The number of rotatable bonds is 4. The summed E-state index contributed by atoms with van der Waals surface area (Å²) in [6.07, 6.45) is 2.96. The fourth-order valence-electron chi connectivity index (χ4n) is 3.53. The zero-order valence-corrected chi connectivity index (χ0v) is 15.7. The molecule has 0 aromatic heterocycles. The summed E-state index contributed by atoms with van der Waals surface area (Å²) in [7, 11) is 0. The third-order valence-electron chi connectivity index (χ3n) is 5.36. The molecule has 5 nitrogen and oxygen atoms in total. The van der Waals surface area contributed by atoms with Crippen LogP contribution in [0.4, 0.5) is 5.69 Å². The van der Waals surface area contributed by atoms with Gasteiger partial charge in [-0.05, 0) is 55.4 Å². The van der Waals surface area contributed by atoms with Crippen molar-refractivity contribution < 1.29 is 9.59 Å². The van der Waals surface area contributed by atoms with E-state index in [1.165, 1.54) is 0 Å². The fraction of sp³-hybridized carbons (Fsp3) is 0.579. The molecule has 138 valence electrons. The zero-order chi connectivity index (χ0) is 17.3. The highest BCUT2D eigenvalue weighted by molar-refractivity contribution is 5.97. The van der Waals surface area contributed by atoms with Gasteiger partial charge >= 0.3 is 0 Å². The number of nitrogens with two attached hydrogens (primary N) is 1. The quantitative estimate of drug-likeness (QED) is 0.861. The Bertz CT molecular complexity index is 620. The summed E-state index contributed by atoms with van der Waals surface area (Å²) in [6, 6.07) is 7.32. The maximum Gasteiger partial charge on any atom is 0.254 e. The third-order valence-corrected chi connectivity index (χ3v) is 5.36. The van der Waals surface area contributed by atoms with Crippen LogP contribution in [0.15, 0.2) is 24.3 Å². The second kappa shape index (κ2) is 8.19. The molecule has 3 rings (SSSR count). The predicted octanol–water partition coefficient (Wildman–Crippen LogP) is 2.90. The minimum absolute atomic E-state index is 0. The molecule has 3 N–H and O–H groups in total. The SMILES string of the molecule is CC1CCN(C(=O)c2ccc(NC(=O)C3CC3C)cc2)C(CN)C1.Cl. The summed E-state index contributed by atoms with van der Waals surface area (Å²) < 4.78 is 0. The van der Waals surface area contributed by atoms with Gasteiger partial charge in [0, 0.05) is 36.3 Å². The number of amides is 2. The number of hydrogen-bond donors (Lipinski definition) is 2. The Labute approximate surface area is 155 Å². The van der Waals surface area contributed by atoms with Crippen molar-refractivity contribution in [1.29, 1.82) is 0 Å². The third kappa shape index (κ3) is 4.53.